The van der Waals surface area contributed by atoms with Crippen LogP contribution in [0.25, 0.3) is 78.8 Å². The molecule has 0 spiro atoms. The zero-order chi connectivity index (χ0) is 102. The first-order valence-corrected chi connectivity index (χ1v) is 42.7. The van der Waals surface area contributed by atoms with Crippen molar-refractivity contribution in [2.45, 2.75) is 202 Å². The molecular formula is C115H146N7+7. The molecule has 7 heterocycles. The lowest BCUT2D eigenvalue weighted by Crippen LogP contribution is -2.32. The van der Waals surface area contributed by atoms with Gasteiger partial charge in [-0.15, -0.1) is 0 Å². The highest BCUT2D eigenvalue weighted by Crippen LogP contribution is 2.32. The summed E-state index contributed by atoms with van der Waals surface area (Å²) in [5.74, 6) is -3.77. The molecule has 3 atom stereocenters. The van der Waals surface area contributed by atoms with Crippen LogP contribution in [0.2, 0.25) is 0 Å². The Morgan fingerprint density at radius 2 is 0.590 bits per heavy atom. The van der Waals surface area contributed by atoms with E-state index in [9.17, 15) is 0 Å². The van der Waals surface area contributed by atoms with Gasteiger partial charge in [0.25, 0.3) is 0 Å². The monoisotopic (exact) mass is 1640 g/mol. The van der Waals surface area contributed by atoms with Gasteiger partial charge in [-0.05, 0) is 258 Å². The van der Waals surface area contributed by atoms with Gasteiger partial charge >= 0.3 is 0 Å². The van der Waals surface area contributed by atoms with Gasteiger partial charge in [-0.1, -0.05) is 198 Å². The van der Waals surface area contributed by atoms with Gasteiger partial charge in [0.1, 0.15) is 49.3 Å². The van der Waals surface area contributed by atoms with Crippen molar-refractivity contribution in [1.82, 2.24) is 0 Å². The maximum absolute atomic E-state index is 8.30. The highest BCUT2D eigenvalue weighted by atomic mass is 15.0. The van der Waals surface area contributed by atoms with Gasteiger partial charge in [-0.25, -0.2) is 32.0 Å². The Morgan fingerprint density at radius 3 is 0.959 bits per heavy atom. The molecule has 0 saturated carbocycles. The minimum absolute atomic E-state index is 0.205. The number of hydrogen-bond donors (Lipinski definition) is 0. The lowest BCUT2D eigenvalue weighted by molar-refractivity contribution is -0.661. The van der Waals surface area contributed by atoms with Crippen LogP contribution < -0.4 is 32.0 Å². The molecule has 0 aliphatic heterocycles. The molecule has 0 fully saturated rings. The Labute approximate surface area is 757 Å². The van der Waals surface area contributed by atoms with Crippen LogP contribution in [-0.2, 0) is 55.7 Å². The van der Waals surface area contributed by atoms with E-state index in [2.05, 4.69) is 309 Å². The fourth-order valence-corrected chi connectivity index (χ4v) is 15.7. The maximum Gasteiger partial charge on any atom is 0.212 e. The summed E-state index contributed by atoms with van der Waals surface area (Å²) in [6.07, 6.45) is 12.2. The standard InChI is InChI=1S/5C17H22N.C16H20N.C14H16N/c1-12(2)16-10-17(18(5)11-14(16)4)15-9-7-6-8-13(15)3;3*1-12(2)16-11-18(5)17(10-14(16)4)15-9-7-6-8-13(15)3;1-13(2)11-15-8-9-16(14(3)12-15)17-7-5-6-10-18(17)4;1-12(2)14-8-9-15(13(3)11-14)16-7-5-6-10-17(16)4;1-11-7-8-12(2)13(10-11)14-6-4-5-9-15(14)3/h4*6-12H,1-5H3;5-10,12-13H,11H2,1-4H3;5-12H,1-4H3;4-10H,1-3H3/q7*+1/i;1D3,12D;;;1D3,11D2,13D;1D3,12D;. The van der Waals surface area contributed by atoms with Gasteiger partial charge in [-0.3, -0.25) is 0 Å². The second kappa shape index (κ2) is 44.9. The molecule has 0 amide bonds. The summed E-state index contributed by atoms with van der Waals surface area (Å²) in [4.78, 5) is 0. The Kier molecular flexibility index (Phi) is 28.2. The van der Waals surface area contributed by atoms with Gasteiger partial charge in [0.05, 0.1) is 0 Å². The molecule has 7 nitrogen and oxygen atoms in total. The summed E-state index contributed by atoms with van der Waals surface area (Å²) < 4.78 is 124. The number of benzene rings is 7. The van der Waals surface area contributed by atoms with Crippen molar-refractivity contribution >= 4 is 0 Å². The van der Waals surface area contributed by atoms with E-state index in [0.29, 0.717) is 28.9 Å². The first-order valence-electron chi connectivity index (χ1n) is 49.7. The van der Waals surface area contributed by atoms with Crippen molar-refractivity contribution in [3.63, 3.8) is 0 Å². The van der Waals surface area contributed by atoms with Crippen LogP contribution in [0.4, 0.5) is 0 Å². The summed E-state index contributed by atoms with van der Waals surface area (Å²) in [5, 5.41) is 0. The molecule has 0 aliphatic carbocycles. The zero-order valence-electron chi connectivity index (χ0n) is 92.3. The van der Waals surface area contributed by atoms with Crippen molar-refractivity contribution in [1.29, 1.82) is 0 Å². The average molecular weight is 1640 g/mol. The topological polar surface area (TPSA) is 27.2 Å². The highest BCUT2D eigenvalue weighted by molar-refractivity contribution is 5.67. The second-order valence-corrected chi connectivity index (χ2v) is 33.8. The summed E-state index contributed by atoms with van der Waals surface area (Å²) in [5.41, 5.74) is 36.6. The average Bonchev–Trinajstić information content (AvgIpc) is 0.746. The number of rotatable bonds is 14. The fraction of sp³-hybridized carbons (Fsp3) is 0.330. The molecule has 7 heteroatoms. The fourth-order valence-electron chi connectivity index (χ4n) is 15.7. The van der Waals surface area contributed by atoms with Crippen LogP contribution in [0.5, 0.6) is 0 Å². The Hall–Kier alpha value is -11.4. The zero-order valence-corrected chi connectivity index (χ0v) is 78.3. The lowest BCUT2D eigenvalue weighted by Gasteiger charge is -2.11. The van der Waals surface area contributed by atoms with Crippen molar-refractivity contribution in [2.75, 3.05) is 0 Å². The summed E-state index contributed by atoms with van der Waals surface area (Å²) in [7, 11) is 14.3. The van der Waals surface area contributed by atoms with Crippen LogP contribution in [0.3, 0.4) is 0 Å². The molecule has 14 aromatic rings. The number of hydrogen-bond acceptors (Lipinski definition) is 0. The maximum atomic E-state index is 8.30. The van der Waals surface area contributed by atoms with Crippen molar-refractivity contribution < 1.29 is 51.2 Å². The number of aromatic nitrogens is 7. The molecule has 634 valence electrons. The second-order valence-electron chi connectivity index (χ2n) is 33.8. The largest absolute Gasteiger partial charge is 0.212 e. The van der Waals surface area contributed by atoms with Crippen LogP contribution in [0, 0.1) is 89.0 Å². The van der Waals surface area contributed by atoms with Gasteiger partial charge in [-0.2, -0.15) is 0 Å². The predicted octanol–water partition coefficient (Wildman–Crippen LogP) is 25.8. The quantitative estimate of drug-likeness (QED) is 0.0971. The minimum atomic E-state index is -2.73. The third-order valence-electron chi connectivity index (χ3n) is 22.6. The van der Waals surface area contributed by atoms with E-state index < -0.39 is 44.6 Å². The molecule has 0 saturated heterocycles. The van der Waals surface area contributed by atoms with E-state index in [1.807, 2.05) is 141 Å². The van der Waals surface area contributed by atoms with Crippen molar-refractivity contribution in [3.8, 4) is 78.8 Å². The Morgan fingerprint density at radius 1 is 0.254 bits per heavy atom. The first kappa shape index (κ1) is 76.7. The molecule has 14 rings (SSSR count). The molecule has 0 bridgehead atoms. The van der Waals surface area contributed by atoms with Gasteiger partial charge in [0, 0.05) is 141 Å². The Bertz CT molecular complexity index is 6390. The van der Waals surface area contributed by atoms with Gasteiger partial charge in [0.15, 0.2) is 43.4 Å². The molecule has 0 N–H and O–H groups in total. The minimum Gasteiger partial charge on any atom is -0.201 e. The number of pyridine rings is 7. The normalized spacial score (nSPS) is 14.5. The third kappa shape index (κ3) is 25.8. The SMILES string of the molecule is Cc1ccc(C)c(-c2cccc[n+]2C)c1.Cc1ccccc1-c1cc(C(C)C)c(C)c[n+]1C.Cc1ccccc1-c1cc(C)c(C(C)C)c[n+]1C.Cc1ccccc1-c1cc(C)c(C(C)C)c[n+]1C.[2H]C([2H])([2H])C([2H])(C)C([2H])([2H])c1ccc(-c2cccc[n+]2C)c(C)c1.[2H]C([2H])([2H])C([2H])(C)c1c[n+](C)c(-c2ccccc2C)cc1C.[2H]C([2H])([2H])C([2H])(C)c1ccc(-c2cccc[n+]2C)c(C)c1. The van der Waals surface area contributed by atoms with E-state index in [0.717, 1.165) is 62.9 Å². The van der Waals surface area contributed by atoms with Crippen LogP contribution in [-0.4, -0.2) is 0 Å². The number of nitrogens with zero attached hydrogens (tertiary/aromatic N) is 7. The van der Waals surface area contributed by atoms with Gasteiger partial charge < -0.3 is 0 Å². The van der Waals surface area contributed by atoms with Crippen molar-refractivity contribution in [2.24, 2.45) is 55.2 Å². The number of aryl methyl sites for hydroxylation is 19. The summed E-state index contributed by atoms with van der Waals surface area (Å²) in [6, 6.07) is 77.8. The molecule has 7 aromatic carbocycles. The lowest BCUT2D eigenvalue weighted by atomic mass is 9.96. The van der Waals surface area contributed by atoms with Gasteiger partial charge in [0.2, 0.25) is 39.9 Å². The molecule has 3 unspecified atom stereocenters. The predicted molar refractivity (Wildman–Crippen MR) is 517 cm³/mol. The van der Waals surface area contributed by atoms with Crippen LogP contribution >= 0.6 is 0 Å². The van der Waals surface area contributed by atoms with E-state index in [1.165, 1.54) is 120 Å². The van der Waals surface area contributed by atoms with E-state index in [1.54, 1.807) is 30.5 Å². The van der Waals surface area contributed by atoms with E-state index >= 15 is 0 Å². The molecule has 122 heavy (non-hydrogen) atoms. The summed E-state index contributed by atoms with van der Waals surface area (Å²) >= 11 is 0. The van der Waals surface area contributed by atoms with Crippen LogP contribution in [0.15, 0.2) is 274 Å². The molecular weight excluding hydrogens is 1480 g/mol. The van der Waals surface area contributed by atoms with Crippen molar-refractivity contribution in [3.05, 3.63) is 374 Å². The van der Waals surface area contributed by atoms with E-state index in [-0.39, 0.29) is 5.56 Å². The molecule has 7 aromatic heterocycles. The highest BCUT2D eigenvalue weighted by Gasteiger charge is 2.23. The smallest absolute Gasteiger partial charge is 0.201 e. The van der Waals surface area contributed by atoms with E-state index in [4.69, 9.17) is 19.2 Å². The first-order chi connectivity index (χ1) is 63.3. The Balaban J connectivity index is 0.000000196. The third-order valence-corrected chi connectivity index (χ3v) is 22.6. The summed E-state index contributed by atoms with van der Waals surface area (Å²) in [6.45, 7) is 35.2. The molecule has 0 radical (unpaired) electrons. The molecule has 0 aliphatic rings. The van der Waals surface area contributed by atoms with Crippen LogP contribution in [0.1, 0.15) is 232 Å².